The number of rotatable bonds is 6. The van der Waals surface area contributed by atoms with Crippen LogP contribution in [0.15, 0.2) is 206 Å². The van der Waals surface area contributed by atoms with Crippen molar-refractivity contribution in [3.05, 3.63) is 206 Å². The van der Waals surface area contributed by atoms with Crippen LogP contribution in [-0.2, 0) is 0 Å². The number of hydrogen-bond donors (Lipinski definition) is 0. The lowest BCUT2D eigenvalue weighted by Crippen LogP contribution is -2.10. The standard InChI is InChI=1S/C52H34N2S/c1-2-15-40(16-3-1)53(48-22-11-13-37-12-4-5-18-43(37)48)41-17-10-14-38(32-41)35-24-26-36(27-25-35)39-28-31-50-47(33-39)44-19-6-8-21-49(44)54(50)42-29-30-46-45-20-7-9-23-51(45)55-52(46)34-42/h1-34H. The van der Waals surface area contributed by atoms with Crippen LogP contribution in [0, 0.1) is 0 Å². The van der Waals surface area contributed by atoms with Gasteiger partial charge in [-0.15, -0.1) is 11.3 Å². The highest BCUT2D eigenvalue weighted by molar-refractivity contribution is 7.25. The minimum Gasteiger partial charge on any atom is -0.310 e. The molecule has 0 bridgehead atoms. The van der Waals surface area contributed by atoms with Crippen molar-refractivity contribution >= 4 is 81.1 Å². The highest BCUT2D eigenvalue weighted by Gasteiger charge is 2.17. The summed E-state index contributed by atoms with van der Waals surface area (Å²) < 4.78 is 5.06. The van der Waals surface area contributed by atoms with E-state index in [2.05, 4.69) is 216 Å². The number of hydrogen-bond acceptors (Lipinski definition) is 2. The average molecular weight is 719 g/mol. The smallest absolute Gasteiger partial charge is 0.0541 e. The van der Waals surface area contributed by atoms with Gasteiger partial charge in [-0.1, -0.05) is 140 Å². The Hall–Kier alpha value is -6.94. The molecule has 55 heavy (non-hydrogen) atoms. The molecule has 9 aromatic carbocycles. The molecule has 0 fully saturated rings. The van der Waals surface area contributed by atoms with Crippen molar-refractivity contribution in [3.63, 3.8) is 0 Å². The Labute approximate surface area is 323 Å². The maximum absolute atomic E-state index is 2.42. The molecule has 0 radical (unpaired) electrons. The third-order valence-electron chi connectivity index (χ3n) is 11.0. The van der Waals surface area contributed by atoms with Crippen molar-refractivity contribution in [1.82, 2.24) is 4.57 Å². The fourth-order valence-corrected chi connectivity index (χ4v) is 9.51. The van der Waals surface area contributed by atoms with Crippen molar-refractivity contribution in [2.75, 3.05) is 4.90 Å². The van der Waals surface area contributed by atoms with Crippen LogP contribution >= 0.6 is 11.3 Å². The molecular weight excluding hydrogens is 685 g/mol. The summed E-state index contributed by atoms with van der Waals surface area (Å²) in [7, 11) is 0. The van der Waals surface area contributed by atoms with E-state index in [0.717, 1.165) is 17.1 Å². The van der Waals surface area contributed by atoms with Crippen molar-refractivity contribution in [1.29, 1.82) is 0 Å². The summed E-state index contributed by atoms with van der Waals surface area (Å²) in [5.74, 6) is 0. The van der Waals surface area contributed by atoms with E-state index in [1.807, 2.05) is 11.3 Å². The molecule has 0 aliphatic rings. The van der Waals surface area contributed by atoms with E-state index in [4.69, 9.17) is 0 Å². The number of aromatic nitrogens is 1. The first kappa shape index (κ1) is 31.6. The molecular formula is C52H34N2S. The summed E-state index contributed by atoms with van der Waals surface area (Å²) >= 11 is 1.87. The second-order valence-corrected chi connectivity index (χ2v) is 15.2. The van der Waals surface area contributed by atoms with E-state index >= 15 is 0 Å². The lowest BCUT2D eigenvalue weighted by atomic mass is 9.98. The second kappa shape index (κ2) is 12.9. The van der Waals surface area contributed by atoms with Gasteiger partial charge in [0.05, 0.1) is 16.7 Å². The quantitative estimate of drug-likeness (QED) is 0.166. The predicted molar refractivity (Wildman–Crippen MR) is 237 cm³/mol. The first-order valence-corrected chi connectivity index (χ1v) is 19.6. The van der Waals surface area contributed by atoms with Crippen molar-refractivity contribution < 1.29 is 0 Å². The first-order chi connectivity index (χ1) is 27.3. The van der Waals surface area contributed by atoms with Gasteiger partial charge in [0.25, 0.3) is 0 Å². The Kier molecular flexibility index (Phi) is 7.39. The summed E-state index contributed by atoms with van der Waals surface area (Å²) in [5.41, 5.74) is 11.8. The number of para-hydroxylation sites is 2. The van der Waals surface area contributed by atoms with Crippen LogP contribution in [0.4, 0.5) is 17.1 Å². The molecule has 258 valence electrons. The Morgan fingerprint density at radius 2 is 0.964 bits per heavy atom. The van der Waals surface area contributed by atoms with E-state index in [9.17, 15) is 0 Å². The van der Waals surface area contributed by atoms with Gasteiger partial charge in [0.2, 0.25) is 0 Å². The fraction of sp³-hybridized carbons (Fsp3) is 0. The molecule has 0 atom stereocenters. The van der Waals surface area contributed by atoms with Gasteiger partial charge < -0.3 is 9.47 Å². The summed E-state index contributed by atoms with van der Waals surface area (Å²) in [4.78, 5) is 2.37. The highest BCUT2D eigenvalue weighted by atomic mass is 32.1. The van der Waals surface area contributed by atoms with Crippen LogP contribution in [0.1, 0.15) is 0 Å². The Bertz CT molecular complexity index is 3200. The summed E-state index contributed by atoms with van der Waals surface area (Å²) in [6.07, 6.45) is 0. The van der Waals surface area contributed by atoms with Gasteiger partial charge in [-0.05, 0) is 94.4 Å². The molecule has 0 N–H and O–H groups in total. The molecule has 3 heteroatoms. The van der Waals surface area contributed by atoms with E-state index in [0.29, 0.717) is 0 Å². The van der Waals surface area contributed by atoms with Gasteiger partial charge in [0.1, 0.15) is 0 Å². The predicted octanol–water partition coefficient (Wildman–Crippen LogP) is 15.1. The molecule has 0 spiro atoms. The fourth-order valence-electron chi connectivity index (χ4n) is 8.37. The molecule has 0 unspecified atom stereocenters. The van der Waals surface area contributed by atoms with Crippen LogP contribution < -0.4 is 4.90 Å². The third kappa shape index (κ3) is 5.32. The monoisotopic (exact) mass is 718 g/mol. The van der Waals surface area contributed by atoms with Crippen molar-refractivity contribution in [3.8, 4) is 27.9 Å². The topological polar surface area (TPSA) is 8.17 Å². The highest BCUT2D eigenvalue weighted by Crippen LogP contribution is 2.41. The number of anilines is 3. The Balaban J connectivity index is 0.964. The zero-order valence-electron chi connectivity index (χ0n) is 29.9. The van der Waals surface area contributed by atoms with Crippen molar-refractivity contribution in [2.45, 2.75) is 0 Å². The lowest BCUT2D eigenvalue weighted by molar-refractivity contribution is 1.19. The summed E-state index contributed by atoms with van der Waals surface area (Å²) in [6, 6.07) is 75.1. The molecule has 0 saturated heterocycles. The molecule has 0 amide bonds. The molecule has 2 heterocycles. The minimum atomic E-state index is 1.12. The molecule has 0 aliphatic carbocycles. The number of thiophene rings is 1. The SMILES string of the molecule is c1ccc(N(c2cccc(-c3ccc(-c4ccc5c(c4)c4ccccc4n5-c4ccc5c(c4)sc4ccccc45)cc3)c2)c2cccc3ccccc23)cc1. The van der Waals surface area contributed by atoms with Crippen LogP contribution in [0.3, 0.4) is 0 Å². The molecule has 0 aliphatic heterocycles. The average Bonchev–Trinajstić information content (AvgIpc) is 3.79. The van der Waals surface area contributed by atoms with Crippen molar-refractivity contribution in [2.24, 2.45) is 0 Å². The molecule has 0 saturated carbocycles. The zero-order valence-corrected chi connectivity index (χ0v) is 30.7. The maximum Gasteiger partial charge on any atom is 0.0541 e. The largest absolute Gasteiger partial charge is 0.310 e. The second-order valence-electron chi connectivity index (χ2n) is 14.2. The maximum atomic E-state index is 2.42. The van der Waals surface area contributed by atoms with E-state index in [-0.39, 0.29) is 0 Å². The third-order valence-corrected chi connectivity index (χ3v) is 12.1. The Morgan fingerprint density at radius 3 is 1.82 bits per heavy atom. The number of fused-ring (bicyclic) bond motifs is 7. The van der Waals surface area contributed by atoms with E-state index < -0.39 is 0 Å². The minimum absolute atomic E-state index is 1.12. The van der Waals surface area contributed by atoms with E-state index in [1.165, 1.54) is 80.7 Å². The van der Waals surface area contributed by atoms with Gasteiger partial charge in [0.15, 0.2) is 0 Å². The van der Waals surface area contributed by atoms with Gasteiger partial charge >= 0.3 is 0 Å². The normalized spacial score (nSPS) is 11.6. The van der Waals surface area contributed by atoms with Crippen LogP contribution in [-0.4, -0.2) is 4.57 Å². The first-order valence-electron chi connectivity index (χ1n) is 18.8. The molecule has 2 aromatic heterocycles. The zero-order chi connectivity index (χ0) is 36.3. The number of nitrogens with zero attached hydrogens (tertiary/aromatic N) is 2. The molecule has 11 aromatic rings. The van der Waals surface area contributed by atoms with Gasteiger partial charge in [0, 0.05) is 53.4 Å². The Morgan fingerprint density at radius 1 is 0.345 bits per heavy atom. The van der Waals surface area contributed by atoms with Crippen LogP contribution in [0.5, 0.6) is 0 Å². The van der Waals surface area contributed by atoms with Gasteiger partial charge in [-0.3, -0.25) is 0 Å². The summed E-state index contributed by atoms with van der Waals surface area (Å²) in [6.45, 7) is 0. The number of benzene rings is 9. The van der Waals surface area contributed by atoms with Crippen LogP contribution in [0.2, 0.25) is 0 Å². The van der Waals surface area contributed by atoms with Crippen LogP contribution in [0.25, 0.3) is 80.7 Å². The van der Waals surface area contributed by atoms with E-state index in [1.54, 1.807) is 0 Å². The van der Waals surface area contributed by atoms with Gasteiger partial charge in [-0.25, -0.2) is 0 Å². The summed E-state index contributed by atoms with van der Waals surface area (Å²) in [5, 5.41) is 7.62. The molecule has 2 nitrogen and oxygen atoms in total. The van der Waals surface area contributed by atoms with Gasteiger partial charge in [-0.2, -0.15) is 0 Å². The molecule has 11 rings (SSSR count). The lowest BCUT2D eigenvalue weighted by Gasteiger charge is -2.27.